The van der Waals surface area contributed by atoms with E-state index in [1.165, 1.54) is 38.8 Å². The fourth-order valence-corrected chi connectivity index (χ4v) is 2.24. The van der Waals surface area contributed by atoms with Crippen molar-refractivity contribution in [3.8, 4) is 0 Å². The fourth-order valence-electron chi connectivity index (χ4n) is 2.24. The highest BCUT2D eigenvalue weighted by Crippen LogP contribution is 2.13. The number of nitrogens with one attached hydrogen (secondary N) is 1. The topological polar surface area (TPSA) is 24.5 Å². The number of rotatable bonds is 8. The second kappa shape index (κ2) is 8.97. The van der Waals surface area contributed by atoms with Gasteiger partial charge in [-0.1, -0.05) is 13.3 Å². The van der Waals surface area contributed by atoms with E-state index in [2.05, 4.69) is 24.2 Å². The zero-order valence-electron chi connectivity index (χ0n) is 11.0. The van der Waals surface area contributed by atoms with Gasteiger partial charge in [-0.05, 0) is 45.3 Å². The first-order chi connectivity index (χ1) is 7.83. The Morgan fingerprint density at radius 3 is 3.00 bits per heavy atom. The molecule has 1 aliphatic heterocycles. The minimum absolute atomic E-state index is 0.842. The van der Waals surface area contributed by atoms with E-state index in [0.717, 1.165) is 32.2 Å². The molecule has 1 atom stereocenters. The minimum Gasteiger partial charge on any atom is -0.380 e. The lowest BCUT2D eigenvalue weighted by Crippen LogP contribution is -2.38. The van der Waals surface area contributed by atoms with E-state index in [4.69, 9.17) is 4.74 Å². The molecule has 96 valence electrons. The molecular weight excluding hydrogens is 200 g/mol. The summed E-state index contributed by atoms with van der Waals surface area (Å²) >= 11 is 0. The first kappa shape index (κ1) is 13.9. The van der Waals surface area contributed by atoms with Crippen LogP contribution >= 0.6 is 0 Å². The van der Waals surface area contributed by atoms with Gasteiger partial charge in [-0.2, -0.15) is 0 Å². The van der Waals surface area contributed by atoms with E-state index in [0.29, 0.717) is 0 Å². The molecule has 1 heterocycles. The van der Waals surface area contributed by atoms with Crippen LogP contribution in [0.25, 0.3) is 0 Å². The maximum atomic E-state index is 5.51. The molecule has 0 radical (unpaired) electrons. The van der Waals surface area contributed by atoms with Crippen molar-refractivity contribution >= 4 is 0 Å². The predicted molar refractivity (Wildman–Crippen MR) is 68.8 cm³/mol. The van der Waals surface area contributed by atoms with E-state index in [-0.39, 0.29) is 0 Å². The maximum absolute atomic E-state index is 5.51. The van der Waals surface area contributed by atoms with Gasteiger partial charge in [0.2, 0.25) is 0 Å². The van der Waals surface area contributed by atoms with E-state index in [1.54, 1.807) is 0 Å². The summed E-state index contributed by atoms with van der Waals surface area (Å²) in [6, 6.07) is 0. The van der Waals surface area contributed by atoms with Gasteiger partial charge < -0.3 is 15.0 Å². The van der Waals surface area contributed by atoms with Crippen LogP contribution in [-0.2, 0) is 4.74 Å². The summed E-state index contributed by atoms with van der Waals surface area (Å²) in [7, 11) is 2.22. The minimum atomic E-state index is 0.842. The van der Waals surface area contributed by atoms with Crippen LogP contribution in [0.5, 0.6) is 0 Å². The van der Waals surface area contributed by atoms with Gasteiger partial charge in [0, 0.05) is 19.7 Å². The van der Waals surface area contributed by atoms with Crippen molar-refractivity contribution < 1.29 is 4.74 Å². The molecule has 0 aromatic carbocycles. The van der Waals surface area contributed by atoms with Gasteiger partial charge in [0.1, 0.15) is 0 Å². The number of nitrogens with zero attached hydrogens (tertiary/aromatic N) is 1. The summed E-state index contributed by atoms with van der Waals surface area (Å²) in [6.45, 7) is 8.67. The second-order valence-electron chi connectivity index (χ2n) is 4.94. The van der Waals surface area contributed by atoms with Crippen LogP contribution in [-0.4, -0.2) is 51.3 Å². The summed E-state index contributed by atoms with van der Waals surface area (Å²) in [5, 5.41) is 3.50. The molecule has 3 heteroatoms. The number of likely N-dealkylation sites (tertiary alicyclic amines) is 1. The quantitative estimate of drug-likeness (QED) is 0.640. The van der Waals surface area contributed by atoms with Crippen LogP contribution in [0.4, 0.5) is 0 Å². The third kappa shape index (κ3) is 6.46. The number of hydrogen-bond donors (Lipinski definition) is 1. The van der Waals surface area contributed by atoms with Crippen molar-refractivity contribution in [3.05, 3.63) is 0 Å². The highest BCUT2D eigenvalue weighted by molar-refractivity contribution is 4.72. The van der Waals surface area contributed by atoms with Crippen LogP contribution in [0, 0.1) is 5.92 Å². The lowest BCUT2D eigenvalue weighted by Gasteiger charge is -2.29. The van der Waals surface area contributed by atoms with Crippen molar-refractivity contribution in [1.29, 1.82) is 0 Å². The zero-order valence-corrected chi connectivity index (χ0v) is 11.0. The Balaban J connectivity index is 1.86. The Hall–Kier alpha value is -0.120. The Labute approximate surface area is 101 Å². The van der Waals surface area contributed by atoms with E-state index < -0.39 is 0 Å². The lowest BCUT2D eigenvalue weighted by molar-refractivity contribution is 0.130. The van der Waals surface area contributed by atoms with E-state index in [1.807, 2.05) is 0 Å². The first-order valence-electron chi connectivity index (χ1n) is 6.80. The molecule has 0 aromatic heterocycles. The first-order valence-corrected chi connectivity index (χ1v) is 6.80. The van der Waals surface area contributed by atoms with Gasteiger partial charge in [0.25, 0.3) is 0 Å². The molecule has 16 heavy (non-hydrogen) atoms. The Bertz CT molecular complexity index is 164. The smallest absolute Gasteiger partial charge is 0.0590 e. The molecule has 1 rings (SSSR count). The molecule has 1 fully saturated rings. The summed E-state index contributed by atoms with van der Waals surface area (Å²) in [5.41, 5.74) is 0. The average molecular weight is 228 g/mol. The van der Waals surface area contributed by atoms with Gasteiger partial charge in [0.15, 0.2) is 0 Å². The molecule has 0 aliphatic carbocycles. The summed E-state index contributed by atoms with van der Waals surface area (Å²) < 4.78 is 5.51. The van der Waals surface area contributed by atoms with Crippen LogP contribution in [0.1, 0.15) is 32.6 Å². The lowest BCUT2D eigenvalue weighted by atomic mass is 9.98. The van der Waals surface area contributed by atoms with Gasteiger partial charge >= 0.3 is 0 Å². The molecular formula is C13H28N2O. The van der Waals surface area contributed by atoms with Crippen LogP contribution in [0.2, 0.25) is 0 Å². The van der Waals surface area contributed by atoms with Crippen molar-refractivity contribution in [1.82, 2.24) is 10.2 Å². The molecule has 0 saturated carbocycles. The van der Waals surface area contributed by atoms with Gasteiger partial charge in [-0.25, -0.2) is 0 Å². The predicted octanol–water partition coefficient (Wildman–Crippen LogP) is 1.73. The highest BCUT2D eigenvalue weighted by Gasteiger charge is 2.15. The normalized spacial score (nSPS) is 22.5. The summed E-state index contributed by atoms with van der Waals surface area (Å²) in [5.74, 6) is 0.842. The Morgan fingerprint density at radius 1 is 1.38 bits per heavy atom. The molecule has 0 bridgehead atoms. The van der Waals surface area contributed by atoms with Gasteiger partial charge in [0.05, 0.1) is 6.61 Å². The number of hydrogen-bond acceptors (Lipinski definition) is 3. The standard InChI is InChI=1S/C13H28N2O/c1-3-4-9-16-10-7-14-11-13-6-5-8-15(2)12-13/h13-14H,3-12H2,1-2H3. The van der Waals surface area contributed by atoms with Crippen molar-refractivity contribution in [3.63, 3.8) is 0 Å². The summed E-state index contributed by atoms with van der Waals surface area (Å²) in [4.78, 5) is 2.44. The molecule has 1 unspecified atom stereocenters. The number of unbranched alkanes of at least 4 members (excludes halogenated alkanes) is 1. The second-order valence-corrected chi connectivity index (χ2v) is 4.94. The molecule has 3 nitrogen and oxygen atoms in total. The molecule has 0 amide bonds. The highest BCUT2D eigenvalue weighted by atomic mass is 16.5. The Morgan fingerprint density at radius 2 is 2.25 bits per heavy atom. The van der Waals surface area contributed by atoms with Crippen LogP contribution in [0.3, 0.4) is 0 Å². The maximum Gasteiger partial charge on any atom is 0.0590 e. The number of piperidine rings is 1. The van der Waals surface area contributed by atoms with Crippen molar-refractivity contribution in [2.75, 3.05) is 46.4 Å². The largest absolute Gasteiger partial charge is 0.380 e. The van der Waals surface area contributed by atoms with E-state index >= 15 is 0 Å². The van der Waals surface area contributed by atoms with Crippen molar-refractivity contribution in [2.24, 2.45) is 5.92 Å². The molecule has 1 N–H and O–H groups in total. The monoisotopic (exact) mass is 228 g/mol. The third-order valence-corrected chi connectivity index (χ3v) is 3.22. The average Bonchev–Trinajstić information content (AvgIpc) is 2.28. The molecule has 0 spiro atoms. The van der Waals surface area contributed by atoms with Crippen LogP contribution < -0.4 is 5.32 Å². The zero-order chi connectivity index (χ0) is 11.6. The molecule has 1 aliphatic rings. The molecule has 1 saturated heterocycles. The SMILES string of the molecule is CCCCOCCNCC1CCCN(C)C1. The molecule has 0 aromatic rings. The summed E-state index contributed by atoms with van der Waals surface area (Å²) in [6.07, 6.45) is 5.15. The van der Waals surface area contributed by atoms with E-state index in [9.17, 15) is 0 Å². The van der Waals surface area contributed by atoms with Crippen LogP contribution in [0.15, 0.2) is 0 Å². The van der Waals surface area contributed by atoms with Gasteiger partial charge in [-0.3, -0.25) is 0 Å². The van der Waals surface area contributed by atoms with Gasteiger partial charge in [-0.15, -0.1) is 0 Å². The fraction of sp³-hybridized carbons (Fsp3) is 1.00. The number of ether oxygens (including phenoxy) is 1. The Kier molecular flexibility index (Phi) is 7.81. The van der Waals surface area contributed by atoms with Crippen molar-refractivity contribution in [2.45, 2.75) is 32.6 Å². The third-order valence-electron chi connectivity index (χ3n) is 3.22.